The Morgan fingerprint density at radius 2 is 2.04 bits per heavy atom. The summed E-state index contributed by atoms with van der Waals surface area (Å²) in [6.45, 7) is 0.528. The van der Waals surface area contributed by atoms with Crippen LogP contribution < -0.4 is 15.4 Å². The third-order valence-electron chi connectivity index (χ3n) is 4.95. The quantitative estimate of drug-likeness (QED) is 0.703. The highest BCUT2D eigenvalue weighted by Crippen LogP contribution is 2.30. The lowest BCUT2D eigenvalue weighted by Gasteiger charge is -2.16. The van der Waals surface area contributed by atoms with Gasteiger partial charge in [-0.2, -0.15) is 0 Å². The fourth-order valence-corrected chi connectivity index (χ4v) is 3.30. The number of halogens is 3. The second-order valence-electron chi connectivity index (χ2n) is 7.13. The number of hydrogen-bond acceptors (Lipinski definition) is 5. The van der Waals surface area contributed by atoms with Gasteiger partial charge >= 0.3 is 0 Å². The summed E-state index contributed by atoms with van der Waals surface area (Å²) in [7, 11) is 0. The van der Waals surface area contributed by atoms with Gasteiger partial charge in [0.15, 0.2) is 17.5 Å². The molecule has 28 heavy (non-hydrogen) atoms. The van der Waals surface area contributed by atoms with Crippen LogP contribution in [0.2, 0.25) is 0 Å². The zero-order valence-corrected chi connectivity index (χ0v) is 14.8. The predicted octanol–water partition coefficient (Wildman–Crippen LogP) is 2.94. The lowest BCUT2D eigenvalue weighted by atomic mass is 10.2. The molecule has 1 aliphatic carbocycles. The Balaban J connectivity index is 1.50. The summed E-state index contributed by atoms with van der Waals surface area (Å²) in [5.74, 6) is -1.17. The zero-order valence-electron chi connectivity index (χ0n) is 14.8. The van der Waals surface area contributed by atoms with Crippen LogP contribution in [0.15, 0.2) is 30.6 Å². The molecule has 1 aliphatic heterocycles. The van der Waals surface area contributed by atoms with E-state index in [-0.39, 0.29) is 24.2 Å². The van der Waals surface area contributed by atoms with Crippen LogP contribution in [0.4, 0.5) is 19.0 Å². The van der Waals surface area contributed by atoms with Crippen molar-refractivity contribution in [1.82, 2.24) is 19.7 Å². The van der Waals surface area contributed by atoms with E-state index in [1.807, 2.05) is 0 Å². The van der Waals surface area contributed by atoms with E-state index in [2.05, 4.69) is 20.6 Å². The van der Waals surface area contributed by atoms with Gasteiger partial charge in [-0.25, -0.2) is 23.1 Å². The molecule has 2 N–H and O–H groups in total. The third-order valence-corrected chi connectivity index (χ3v) is 4.95. The number of pyridine rings is 2. The van der Waals surface area contributed by atoms with E-state index in [0.29, 0.717) is 23.6 Å². The number of rotatable bonds is 5. The van der Waals surface area contributed by atoms with Crippen molar-refractivity contribution >= 4 is 11.5 Å². The largest absolute Gasteiger partial charge is 0.490 e. The summed E-state index contributed by atoms with van der Waals surface area (Å²) in [5.41, 5.74) is 0.875. The van der Waals surface area contributed by atoms with Crippen molar-refractivity contribution in [1.29, 1.82) is 0 Å². The van der Waals surface area contributed by atoms with Gasteiger partial charge in [-0.3, -0.25) is 4.40 Å². The molecule has 1 saturated heterocycles. The van der Waals surface area contributed by atoms with E-state index in [1.165, 1.54) is 6.20 Å². The van der Waals surface area contributed by atoms with E-state index >= 15 is 0 Å². The molecule has 0 radical (unpaired) electrons. The van der Waals surface area contributed by atoms with Gasteiger partial charge < -0.3 is 15.4 Å². The molecule has 5 rings (SSSR count). The van der Waals surface area contributed by atoms with Crippen molar-refractivity contribution in [2.45, 2.75) is 31.2 Å². The van der Waals surface area contributed by atoms with Crippen LogP contribution >= 0.6 is 0 Å². The van der Waals surface area contributed by atoms with Crippen molar-refractivity contribution in [2.75, 3.05) is 18.4 Å². The van der Waals surface area contributed by atoms with E-state index < -0.39 is 23.8 Å². The summed E-state index contributed by atoms with van der Waals surface area (Å²) < 4.78 is 49.9. The number of nitrogens with zero attached hydrogens (tertiary/aromatic N) is 3. The first-order chi connectivity index (χ1) is 13.6. The van der Waals surface area contributed by atoms with E-state index in [0.717, 1.165) is 18.9 Å². The highest BCUT2D eigenvalue weighted by atomic mass is 19.1. The first-order valence-corrected chi connectivity index (χ1v) is 9.20. The molecule has 2 fully saturated rings. The number of fused-ring (bicyclic) bond motifs is 1. The Bertz CT molecular complexity index is 1040. The molecular weight excluding hydrogens is 371 g/mol. The molecule has 0 spiro atoms. The minimum absolute atomic E-state index is 0.0615. The van der Waals surface area contributed by atoms with Crippen LogP contribution in [-0.2, 0) is 0 Å². The molecule has 0 aromatic carbocycles. The normalized spacial score (nSPS) is 22.0. The average molecular weight is 389 g/mol. The fourth-order valence-electron chi connectivity index (χ4n) is 3.30. The monoisotopic (exact) mass is 389 g/mol. The highest BCUT2D eigenvalue weighted by Gasteiger charge is 2.28. The highest BCUT2D eigenvalue weighted by molar-refractivity contribution is 5.63. The van der Waals surface area contributed by atoms with Crippen LogP contribution in [0.25, 0.3) is 17.0 Å². The third kappa shape index (κ3) is 3.15. The van der Waals surface area contributed by atoms with Gasteiger partial charge in [0.05, 0.1) is 24.0 Å². The molecule has 0 amide bonds. The molecule has 3 aromatic heterocycles. The summed E-state index contributed by atoms with van der Waals surface area (Å²) in [6.07, 6.45) is 4.36. The van der Waals surface area contributed by atoms with Gasteiger partial charge in [0, 0.05) is 31.4 Å². The van der Waals surface area contributed by atoms with E-state index in [4.69, 9.17) is 4.74 Å². The van der Waals surface area contributed by atoms with Crippen molar-refractivity contribution in [3.05, 3.63) is 42.2 Å². The second-order valence-corrected chi connectivity index (χ2v) is 7.13. The molecule has 0 bridgehead atoms. The van der Waals surface area contributed by atoms with Crippen molar-refractivity contribution in [3.63, 3.8) is 0 Å². The molecule has 6 nitrogen and oxygen atoms in total. The van der Waals surface area contributed by atoms with Gasteiger partial charge in [0.2, 0.25) is 0 Å². The number of ether oxygens (including phenoxy) is 1. The number of hydrogen-bond donors (Lipinski definition) is 2. The Morgan fingerprint density at radius 3 is 2.79 bits per heavy atom. The molecule has 2 unspecified atom stereocenters. The Morgan fingerprint density at radius 1 is 1.18 bits per heavy atom. The van der Waals surface area contributed by atoms with Crippen LogP contribution in [0.3, 0.4) is 0 Å². The SMILES string of the molecule is Fc1cc(F)c(-c2cnc3cc(OC4CC4)ccn23)nc1NC1CNCC1F. The number of imidazole rings is 1. The first kappa shape index (κ1) is 17.3. The smallest absolute Gasteiger partial charge is 0.168 e. The van der Waals surface area contributed by atoms with Gasteiger partial charge in [0.1, 0.15) is 23.3 Å². The number of nitrogens with one attached hydrogen (secondary N) is 2. The Labute approximate surface area is 158 Å². The van der Waals surface area contributed by atoms with Crippen LogP contribution in [0, 0.1) is 11.6 Å². The van der Waals surface area contributed by atoms with E-state index in [9.17, 15) is 13.2 Å². The second kappa shape index (κ2) is 6.66. The predicted molar refractivity (Wildman–Crippen MR) is 97.2 cm³/mol. The van der Waals surface area contributed by atoms with Gasteiger partial charge in [-0.15, -0.1) is 0 Å². The summed E-state index contributed by atoms with van der Waals surface area (Å²) >= 11 is 0. The standard InChI is InChI=1S/C19H18F3N5O/c20-12-6-13(21)19(25-15-8-23-7-14(15)22)26-18(12)16-9-24-17-5-11(3-4-27(16)17)28-10-1-2-10/h3-6,9-10,14-15,23H,1-2,7-8H2,(H,25,26). The van der Waals surface area contributed by atoms with Crippen molar-refractivity contribution in [2.24, 2.45) is 0 Å². The Kier molecular flexibility index (Phi) is 4.12. The Hall–Kier alpha value is -2.81. The lowest BCUT2D eigenvalue weighted by molar-refractivity contribution is 0.303. The molecule has 1 saturated carbocycles. The summed E-state index contributed by atoms with van der Waals surface area (Å²) in [5, 5.41) is 5.61. The average Bonchev–Trinajstić information content (AvgIpc) is 3.24. The minimum atomic E-state index is -1.17. The van der Waals surface area contributed by atoms with Gasteiger partial charge in [-0.1, -0.05) is 0 Å². The maximum atomic E-state index is 14.5. The summed E-state index contributed by atoms with van der Waals surface area (Å²) in [6, 6.07) is 3.67. The molecule has 9 heteroatoms. The molecule has 2 atom stereocenters. The molecule has 4 heterocycles. The molecular formula is C19H18F3N5O. The maximum absolute atomic E-state index is 14.5. The van der Waals surface area contributed by atoms with Crippen LogP contribution in [0.5, 0.6) is 5.75 Å². The topological polar surface area (TPSA) is 63.5 Å². The van der Waals surface area contributed by atoms with E-state index in [1.54, 1.807) is 22.7 Å². The van der Waals surface area contributed by atoms with Crippen LogP contribution in [0.1, 0.15) is 12.8 Å². The fraction of sp³-hybridized carbons (Fsp3) is 0.368. The minimum Gasteiger partial charge on any atom is -0.490 e. The first-order valence-electron chi connectivity index (χ1n) is 9.20. The van der Waals surface area contributed by atoms with Crippen molar-refractivity contribution in [3.8, 4) is 17.1 Å². The van der Waals surface area contributed by atoms with Gasteiger partial charge in [-0.05, 0) is 18.9 Å². The zero-order chi connectivity index (χ0) is 19.3. The lowest BCUT2D eigenvalue weighted by Crippen LogP contribution is -2.30. The van der Waals surface area contributed by atoms with Crippen molar-refractivity contribution < 1.29 is 17.9 Å². The maximum Gasteiger partial charge on any atom is 0.168 e. The van der Waals surface area contributed by atoms with Gasteiger partial charge in [0.25, 0.3) is 0 Å². The number of aromatic nitrogens is 3. The molecule has 146 valence electrons. The summed E-state index contributed by atoms with van der Waals surface area (Å²) in [4.78, 5) is 8.38. The van der Waals surface area contributed by atoms with Crippen LogP contribution in [-0.4, -0.2) is 45.8 Å². The number of anilines is 1. The molecule has 3 aromatic rings. The molecule has 2 aliphatic rings. The number of alkyl halides is 1.